The lowest BCUT2D eigenvalue weighted by Gasteiger charge is -2.39. The van der Waals surface area contributed by atoms with Gasteiger partial charge in [-0.05, 0) is 25.0 Å². The molecule has 3 amide bonds. The van der Waals surface area contributed by atoms with Gasteiger partial charge in [0.15, 0.2) is 0 Å². The molecule has 1 aliphatic rings. The van der Waals surface area contributed by atoms with Crippen molar-refractivity contribution >= 4 is 41.4 Å². The van der Waals surface area contributed by atoms with Crippen molar-refractivity contribution in [1.82, 2.24) is 15.5 Å². The first-order valence-corrected chi connectivity index (χ1v) is 11.2. The zero-order chi connectivity index (χ0) is 22.8. The van der Waals surface area contributed by atoms with Crippen molar-refractivity contribution < 1.29 is 33.8 Å². The van der Waals surface area contributed by atoms with E-state index in [9.17, 15) is 24.0 Å². The van der Waals surface area contributed by atoms with Crippen LogP contribution in [0.4, 0.5) is 0 Å². The Bertz CT molecular complexity index is 656. The summed E-state index contributed by atoms with van der Waals surface area (Å²) in [5.74, 6) is -2.80. The smallest absolute Gasteiger partial charge is 0.328 e. The van der Waals surface area contributed by atoms with Crippen LogP contribution in [-0.2, 0) is 28.7 Å². The third-order valence-corrected chi connectivity index (χ3v) is 5.39. The molecule has 0 spiro atoms. The number of carboxylic acids is 1. The highest BCUT2D eigenvalue weighted by molar-refractivity contribution is 7.99. The molecular weight excluding hydrogens is 414 g/mol. The first-order valence-electron chi connectivity index (χ1n) is 9.78. The molecule has 0 saturated carbocycles. The third kappa shape index (κ3) is 7.85. The Morgan fingerprint density at radius 2 is 1.87 bits per heavy atom. The first-order chi connectivity index (χ1) is 14.1. The SMILES string of the molecule is COC(=O)C(NC(=O)C1CC(NC(=O)CSC)CCN1C(=O)CCC(=O)O)C(C)C. The van der Waals surface area contributed by atoms with E-state index in [1.54, 1.807) is 20.1 Å². The van der Waals surface area contributed by atoms with Gasteiger partial charge in [0, 0.05) is 19.0 Å². The summed E-state index contributed by atoms with van der Waals surface area (Å²) in [5.41, 5.74) is 0. The van der Waals surface area contributed by atoms with Crippen molar-refractivity contribution in [2.24, 2.45) is 5.92 Å². The van der Waals surface area contributed by atoms with E-state index >= 15 is 0 Å². The van der Waals surface area contributed by atoms with Gasteiger partial charge in [0.05, 0.1) is 19.3 Å². The predicted octanol–water partition coefficient (Wildman–Crippen LogP) is 0.00380. The second kappa shape index (κ2) is 12.4. The fourth-order valence-electron chi connectivity index (χ4n) is 3.28. The van der Waals surface area contributed by atoms with Gasteiger partial charge in [-0.2, -0.15) is 11.8 Å². The van der Waals surface area contributed by atoms with Crippen LogP contribution in [0.1, 0.15) is 39.5 Å². The predicted molar refractivity (Wildman–Crippen MR) is 111 cm³/mol. The van der Waals surface area contributed by atoms with Crippen molar-refractivity contribution in [1.29, 1.82) is 0 Å². The molecular formula is C19H31N3O7S. The number of hydrogen-bond donors (Lipinski definition) is 3. The number of carbonyl (C=O) groups is 5. The molecule has 0 bridgehead atoms. The fraction of sp³-hybridized carbons (Fsp3) is 0.737. The van der Waals surface area contributed by atoms with Crippen LogP contribution in [-0.4, -0.2) is 83.5 Å². The van der Waals surface area contributed by atoms with E-state index in [0.29, 0.717) is 6.42 Å². The number of thioether (sulfide) groups is 1. The van der Waals surface area contributed by atoms with Crippen LogP contribution >= 0.6 is 11.8 Å². The molecule has 10 nitrogen and oxygen atoms in total. The van der Waals surface area contributed by atoms with Crippen molar-refractivity contribution in [2.45, 2.75) is 57.7 Å². The van der Waals surface area contributed by atoms with E-state index in [1.165, 1.54) is 23.8 Å². The van der Waals surface area contributed by atoms with E-state index in [4.69, 9.17) is 9.84 Å². The maximum atomic E-state index is 13.0. The van der Waals surface area contributed by atoms with Crippen molar-refractivity contribution in [3.63, 3.8) is 0 Å². The van der Waals surface area contributed by atoms with Crippen molar-refractivity contribution in [3.05, 3.63) is 0 Å². The van der Waals surface area contributed by atoms with E-state index in [1.807, 2.05) is 0 Å². The second-order valence-corrected chi connectivity index (χ2v) is 8.34. The van der Waals surface area contributed by atoms with Gasteiger partial charge in [-0.3, -0.25) is 19.2 Å². The minimum atomic E-state index is -1.10. The highest BCUT2D eigenvalue weighted by Gasteiger charge is 2.38. The summed E-state index contributed by atoms with van der Waals surface area (Å²) < 4.78 is 4.74. The van der Waals surface area contributed by atoms with E-state index in [2.05, 4.69) is 10.6 Å². The highest BCUT2D eigenvalue weighted by atomic mass is 32.2. The maximum absolute atomic E-state index is 13.0. The molecule has 1 rings (SSSR count). The number of nitrogens with one attached hydrogen (secondary N) is 2. The molecule has 170 valence electrons. The lowest BCUT2D eigenvalue weighted by Crippen LogP contribution is -2.59. The van der Waals surface area contributed by atoms with Crippen LogP contribution in [0.15, 0.2) is 0 Å². The molecule has 30 heavy (non-hydrogen) atoms. The molecule has 0 aliphatic carbocycles. The quantitative estimate of drug-likeness (QED) is 0.399. The summed E-state index contributed by atoms with van der Waals surface area (Å²) in [4.78, 5) is 61.6. The molecule has 1 aliphatic heterocycles. The van der Waals surface area contributed by atoms with Crippen molar-refractivity contribution in [2.75, 3.05) is 25.7 Å². The van der Waals surface area contributed by atoms with Crippen LogP contribution in [0.5, 0.6) is 0 Å². The number of ether oxygens (including phenoxy) is 1. The molecule has 0 aromatic rings. The lowest BCUT2D eigenvalue weighted by atomic mass is 9.94. The zero-order valence-electron chi connectivity index (χ0n) is 17.8. The van der Waals surface area contributed by atoms with Gasteiger partial charge in [-0.15, -0.1) is 0 Å². The standard InChI is InChI=1S/C19H31N3O7S/c1-11(2)17(19(28)29-3)21-18(27)13-9-12(20-14(23)10-30-4)7-8-22(13)15(24)5-6-16(25)26/h11-13,17H,5-10H2,1-4H3,(H,20,23)(H,21,27)(H,25,26). The second-order valence-electron chi connectivity index (χ2n) is 7.47. The number of piperidine rings is 1. The van der Waals surface area contributed by atoms with Crippen LogP contribution < -0.4 is 10.6 Å². The lowest BCUT2D eigenvalue weighted by molar-refractivity contribution is -0.149. The topological polar surface area (TPSA) is 142 Å². The Hall–Kier alpha value is -2.30. The Labute approximate surface area is 180 Å². The minimum absolute atomic E-state index is 0.160. The minimum Gasteiger partial charge on any atom is -0.481 e. The molecule has 0 radical (unpaired) electrons. The molecule has 1 saturated heterocycles. The number of likely N-dealkylation sites (tertiary alicyclic amines) is 1. The number of aliphatic carboxylic acids is 1. The number of amides is 3. The average Bonchev–Trinajstić information content (AvgIpc) is 2.69. The monoisotopic (exact) mass is 445 g/mol. The number of carbonyl (C=O) groups excluding carboxylic acids is 4. The summed E-state index contributed by atoms with van der Waals surface area (Å²) in [6.45, 7) is 3.71. The highest BCUT2D eigenvalue weighted by Crippen LogP contribution is 2.20. The summed E-state index contributed by atoms with van der Waals surface area (Å²) >= 11 is 1.37. The number of carboxylic acid groups (broad SMARTS) is 1. The van der Waals surface area contributed by atoms with E-state index in [0.717, 1.165) is 0 Å². The molecule has 1 fully saturated rings. The van der Waals surface area contributed by atoms with Crippen LogP contribution in [0.3, 0.4) is 0 Å². The first kappa shape index (κ1) is 25.7. The molecule has 0 aromatic carbocycles. The van der Waals surface area contributed by atoms with Crippen LogP contribution in [0.25, 0.3) is 0 Å². The fourth-order valence-corrected chi connectivity index (χ4v) is 3.62. The summed E-state index contributed by atoms with van der Waals surface area (Å²) in [7, 11) is 1.23. The molecule has 3 atom stereocenters. The van der Waals surface area contributed by atoms with E-state index in [-0.39, 0.29) is 49.4 Å². The van der Waals surface area contributed by atoms with Gasteiger partial charge in [0.2, 0.25) is 17.7 Å². The normalized spacial score (nSPS) is 19.7. The summed E-state index contributed by atoms with van der Waals surface area (Å²) in [5, 5.41) is 14.4. The van der Waals surface area contributed by atoms with E-state index < -0.39 is 35.8 Å². The van der Waals surface area contributed by atoms with Crippen molar-refractivity contribution in [3.8, 4) is 0 Å². The molecule has 1 heterocycles. The average molecular weight is 446 g/mol. The van der Waals surface area contributed by atoms with Crippen LogP contribution in [0, 0.1) is 5.92 Å². The van der Waals surface area contributed by atoms with Gasteiger partial charge < -0.3 is 25.4 Å². The third-order valence-electron chi connectivity index (χ3n) is 4.84. The summed E-state index contributed by atoms with van der Waals surface area (Å²) in [6.07, 6.45) is 1.87. The molecule has 11 heteroatoms. The molecule has 3 unspecified atom stereocenters. The largest absolute Gasteiger partial charge is 0.481 e. The number of esters is 1. The van der Waals surface area contributed by atoms with Crippen LogP contribution in [0.2, 0.25) is 0 Å². The number of rotatable bonds is 10. The summed E-state index contributed by atoms with van der Waals surface area (Å²) in [6, 6.07) is -2.12. The number of hydrogen-bond acceptors (Lipinski definition) is 7. The Balaban J connectivity index is 2.98. The molecule has 0 aromatic heterocycles. The van der Waals surface area contributed by atoms with Gasteiger partial charge in [-0.1, -0.05) is 13.8 Å². The zero-order valence-corrected chi connectivity index (χ0v) is 18.6. The van der Waals surface area contributed by atoms with Gasteiger partial charge in [0.25, 0.3) is 0 Å². The van der Waals surface area contributed by atoms with Gasteiger partial charge in [0.1, 0.15) is 12.1 Å². The Kier molecular flexibility index (Phi) is 10.6. The Morgan fingerprint density at radius 3 is 2.40 bits per heavy atom. The van der Waals surface area contributed by atoms with Gasteiger partial charge >= 0.3 is 11.9 Å². The van der Waals surface area contributed by atoms with Gasteiger partial charge in [-0.25, -0.2) is 4.79 Å². The number of methoxy groups -OCH3 is 1. The molecule has 3 N–H and O–H groups in total. The number of nitrogens with zero attached hydrogens (tertiary/aromatic N) is 1. The Morgan fingerprint density at radius 1 is 1.20 bits per heavy atom. The maximum Gasteiger partial charge on any atom is 0.328 e.